The maximum atomic E-state index is 8.74. The predicted octanol–water partition coefficient (Wildman–Crippen LogP) is 1.58. The van der Waals surface area contributed by atoms with Crippen LogP contribution in [0.3, 0.4) is 0 Å². The molecule has 4 heteroatoms. The fourth-order valence-electron chi connectivity index (χ4n) is 1.27. The van der Waals surface area contributed by atoms with Gasteiger partial charge in [0.25, 0.3) is 6.33 Å². The first-order valence-corrected chi connectivity index (χ1v) is 4.44. The molecule has 68 valence electrons. The molecule has 0 amide bonds. The molecule has 0 aliphatic carbocycles. The van der Waals surface area contributed by atoms with Gasteiger partial charge in [-0.1, -0.05) is 0 Å². The number of halogens is 1. The SMILES string of the molecule is C[n+]1cnc2ccc(C#N)cc2c1Cl. The second-order valence-corrected chi connectivity index (χ2v) is 3.35. The molecule has 1 aromatic carbocycles. The van der Waals surface area contributed by atoms with Crippen molar-refractivity contribution in [2.75, 3.05) is 0 Å². The van der Waals surface area contributed by atoms with Gasteiger partial charge in [-0.2, -0.15) is 5.26 Å². The summed E-state index contributed by atoms with van der Waals surface area (Å²) in [7, 11) is 1.81. The van der Waals surface area contributed by atoms with Crippen LogP contribution in [0.2, 0.25) is 5.15 Å². The lowest BCUT2D eigenvalue weighted by atomic mass is 10.2. The lowest BCUT2D eigenvalue weighted by Gasteiger charge is -1.97. The number of aromatic nitrogens is 2. The minimum atomic E-state index is 0.590. The van der Waals surface area contributed by atoms with Gasteiger partial charge in [0, 0.05) is 0 Å². The van der Waals surface area contributed by atoms with Crippen molar-refractivity contribution >= 4 is 22.5 Å². The van der Waals surface area contributed by atoms with Gasteiger partial charge in [0.2, 0.25) is 5.15 Å². The van der Waals surface area contributed by atoms with Crippen LogP contribution in [0.25, 0.3) is 10.9 Å². The molecule has 0 N–H and O–H groups in total. The zero-order valence-electron chi connectivity index (χ0n) is 7.53. The Hall–Kier alpha value is -1.66. The topological polar surface area (TPSA) is 40.6 Å². The molecular weight excluding hydrogens is 198 g/mol. The molecule has 0 aliphatic rings. The molecule has 0 fully saturated rings. The zero-order valence-corrected chi connectivity index (χ0v) is 8.28. The minimum Gasteiger partial charge on any atom is -0.223 e. The second kappa shape index (κ2) is 3.24. The third kappa shape index (κ3) is 1.30. The Morgan fingerprint density at radius 2 is 2.29 bits per heavy atom. The Labute approximate surface area is 86.2 Å². The summed E-state index contributed by atoms with van der Waals surface area (Å²) in [5, 5.41) is 10.1. The number of rotatable bonds is 0. The molecule has 0 saturated carbocycles. The van der Waals surface area contributed by atoms with E-state index in [9.17, 15) is 0 Å². The number of nitriles is 1. The summed E-state index contributed by atoms with van der Waals surface area (Å²) >= 11 is 6.07. The van der Waals surface area contributed by atoms with Crippen LogP contribution in [0.5, 0.6) is 0 Å². The Kier molecular flexibility index (Phi) is 2.06. The number of benzene rings is 1. The molecule has 0 bridgehead atoms. The summed E-state index contributed by atoms with van der Waals surface area (Å²) in [4.78, 5) is 4.19. The molecule has 3 nitrogen and oxygen atoms in total. The predicted molar refractivity (Wildman–Crippen MR) is 52.6 cm³/mol. The third-order valence-electron chi connectivity index (χ3n) is 2.03. The highest BCUT2D eigenvalue weighted by molar-refractivity contribution is 6.33. The van der Waals surface area contributed by atoms with Gasteiger partial charge in [0.1, 0.15) is 0 Å². The van der Waals surface area contributed by atoms with Crippen LogP contribution < -0.4 is 4.57 Å². The summed E-state index contributed by atoms with van der Waals surface area (Å²) in [6.45, 7) is 0. The highest BCUT2D eigenvalue weighted by Crippen LogP contribution is 2.18. The maximum Gasteiger partial charge on any atom is 0.287 e. The number of hydrogen-bond donors (Lipinski definition) is 0. The molecule has 0 unspecified atom stereocenters. The van der Waals surface area contributed by atoms with Gasteiger partial charge in [-0.15, -0.1) is 0 Å². The van der Waals surface area contributed by atoms with Crippen molar-refractivity contribution in [3.63, 3.8) is 0 Å². The van der Waals surface area contributed by atoms with E-state index in [2.05, 4.69) is 11.1 Å². The van der Waals surface area contributed by atoms with Crippen LogP contribution in [0.4, 0.5) is 0 Å². The quantitative estimate of drug-likeness (QED) is 0.483. The highest BCUT2D eigenvalue weighted by atomic mass is 35.5. The monoisotopic (exact) mass is 204 g/mol. The molecule has 0 spiro atoms. The van der Waals surface area contributed by atoms with Crippen molar-refractivity contribution in [1.29, 1.82) is 5.26 Å². The van der Waals surface area contributed by atoms with Gasteiger partial charge in [-0.05, 0) is 34.8 Å². The Morgan fingerprint density at radius 3 is 3.00 bits per heavy atom. The van der Waals surface area contributed by atoms with E-state index in [0.29, 0.717) is 10.7 Å². The van der Waals surface area contributed by atoms with Crippen molar-refractivity contribution in [2.24, 2.45) is 7.05 Å². The standard InChI is InChI=1S/C10H7ClN3/c1-14-6-13-9-3-2-7(5-12)4-8(9)10(14)11/h2-4,6H,1H3/q+1. The van der Waals surface area contributed by atoms with E-state index in [4.69, 9.17) is 16.9 Å². The Morgan fingerprint density at radius 1 is 1.50 bits per heavy atom. The summed E-state index contributed by atoms with van der Waals surface area (Å²) in [6, 6.07) is 7.33. The number of aryl methyl sites for hydroxylation is 1. The van der Waals surface area contributed by atoms with Gasteiger partial charge < -0.3 is 0 Å². The first-order chi connectivity index (χ1) is 6.72. The first-order valence-electron chi connectivity index (χ1n) is 4.06. The van der Waals surface area contributed by atoms with E-state index in [-0.39, 0.29) is 0 Å². The number of fused-ring (bicyclic) bond motifs is 1. The van der Waals surface area contributed by atoms with Gasteiger partial charge in [0.15, 0.2) is 5.52 Å². The zero-order chi connectivity index (χ0) is 10.1. The van der Waals surface area contributed by atoms with Crippen molar-refractivity contribution < 1.29 is 4.57 Å². The fourth-order valence-corrected chi connectivity index (χ4v) is 1.47. The van der Waals surface area contributed by atoms with Crippen LogP contribution >= 0.6 is 11.6 Å². The molecule has 14 heavy (non-hydrogen) atoms. The average Bonchev–Trinajstić information content (AvgIpc) is 2.23. The van der Waals surface area contributed by atoms with Crippen LogP contribution in [0.15, 0.2) is 24.5 Å². The van der Waals surface area contributed by atoms with E-state index in [1.807, 2.05) is 7.05 Å². The van der Waals surface area contributed by atoms with Crippen LogP contribution in [-0.4, -0.2) is 4.98 Å². The highest BCUT2D eigenvalue weighted by Gasteiger charge is 2.10. The molecule has 0 radical (unpaired) electrons. The van der Waals surface area contributed by atoms with Crippen molar-refractivity contribution in [3.05, 3.63) is 35.2 Å². The van der Waals surface area contributed by atoms with E-state index in [1.54, 1.807) is 29.1 Å². The molecule has 0 saturated heterocycles. The van der Waals surface area contributed by atoms with E-state index >= 15 is 0 Å². The van der Waals surface area contributed by atoms with Gasteiger partial charge >= 0.3 is 0 Å². The third-order valence-corrected chi connectivity index (χ3v) is 2.50. The van der Waals surface area contributed by atoms with E-state index in [1.165, 1.54) is 0 Å². The normalized spacial score (nSPS) is 10.1. The first kappa shape index (κ1) is 8.92. The number of hydrogen-bond acceptors (Lipinski definition) is 2. The smallest absolute Gasteiger partial charge is 0.223 e. The largest absolute Gasteiger partial charge is 0.287 e. The van der Waals surface area contributed by atoms with Gasteiger partial charge in [-0.25, -0.2) is 4.57 Å². The van der Waals surface area contributed by atoms with Crippen LogP contribution in [0, 0.1) is 11.3 Å². The number of nitrogens with zero attached hydrogens (tertiary/aromatic N) is 3. The van der Waals surface area contributed by atoms with Crippen molar-refractivity contribution in [3.8, 4) is 6.07 Å². The summed E-state index contributed by atoms with van der Waals surface area (Å²) < 4.78 is 1.71. The molecule has 0 aliphatic heterocycles. The lowest BCUT2D eigenvalue weighted by molar-refractivity contribution is -0.670. The van der Waals surface area contributed by atoms with Gasteiger partial charge in [-0.3, -0.25) is 0 Å². The van der Waals surface area contributed by atoms with Crippen molar-refractivity contribution in [2.45, 2.75) is 0 Å². The lowest BCUT2D eigenvalue weighted by Crippen LogP contribution is -2.29. The molecule has 2 rings (SSSR count). The average molecular weight is 205 g/mol. The summed E-state index contributed by atoms with van der Waals surface area (Å²) in [6.07, 6.45) is 1.65. The summed E-state index contributed by atoms with van der Waals surface area (Å²) in [5.74, 6) is 0. The molecular formula is C10H7ClN3+. The molecule has 1 aromatic heterocycles. The van der Waals surface area contributed by atoms with Crippen LogP contribution in [0.1, 0.15) is 5.56 Å². The molecule has 1 heterocycles. The Bertz CT molecular complexity index is 543. The van der Waals surface area contributed by atoms with Gasteiger partial charge in [0.05, 0.1) is 24.1 Å². The van der Waals surface area contributed by atoms with E-state index in [0.717, 1.165) is 10.9 Å². The van der Waals surface area contributed by atoms with E-state index < -0.39 is 0 Å². The van der Waals surface area contributed by atoms with Crippen LogP contribution in [-0.2, 0) is 7.05 Å². The molecule has 0 atom stereocenters. The fraction of sp³-hybridized carbons (Fsp3) is 0.100. The second-order valence-electron chi connectivity index (χ2n) is 2.99. The molecule has 2 aromatic rings. The summed E-state index contributed by atoms with van der Waals surface area (Å²) in [5.41, 5.74) is 1.39. The minimum absolute atomic E-state index is 0.590. The Balaban J connectivity index is 2.86. The maximum absolute atomic E-state index is 8.74. The van der Waals surface area contributed by atoms with Crippen molar-refractivity contribution in [1.82, 2.24) is 4.98 Å².